The molecular weight excluding hydrogens is 201 g/mol. The number of hydrogen-bond donors (Lipinski definition) is 0. The predicted molar refractivity (Wildman–Crippen MR) is 56.2 cm³/mol. The molecule has 0 heterocycles. The number of aliphatic imine (C=N–C) groups is 1. The molecule has 0 aromatic heterocycles. The fourth-order valence-corrected chi connectivity index (χ4v) is 1.32. The summed E-state index contributed by atoms with van der Waals surface area (Å²) in [7, 11) is 0. The molecule has 66 valence electrons. The van der Waals surface area contributed by atoms with Crippen LogP contribution in [-0.2, 0) is 0 Å². The molecule has 0 rings (SSSR count). The van der Waals surface area contributed by atoms with Crippen LogP contribution >= 0.6 is 35.0 Å². The fourth-order valence-electron chi connectivity index (χ4n) is 0.706. The standard InChI is InChI=1S/C7H13Cl2NS/c1-3-4-6(5-8)10-7(9)11-2/h6H,3-5H2,1-2H3. The van der Waals surface area contributed by atoms with Crippen LogP contribution in [0, 0.1) is 0 Å². The molecule has 0 amide bonds. The first kappa shape index (κ1) is 11.6. The van der Waals surface area contributed by atoms with Crippen molar-refractivity contribution in [1.29, 1.82) is 0 Å². The molecule has 0 N–H and O–H groups in total. The van der Waals surface area contributed by atoms with Crippen LogP contribution < -0.4 is 0 Å². The third-order valence-corrected chi connectivity index (χ3v) is 2.61. The molecule has 4 heteroatoms. The number of halogens is 2. The molecule has 0 aliphatic rings. The summed E-state index contributed by atoms with van der Waals surface area (Å²) in [6.45, 7) is 2.11. The molecule has 1 nitrogen and oxygen atoms in total. The van der Waals surface area contributed by atoms with Gasteiger partial charge in [-0.25, -0.2) is 0 Å². The number of nitrogens with zero attached hydrogens (tertiary/aromatic N) is 1. The van der Waals surface area contributed by atoms with Gasteiger partial charge >= 0.3 is 0 Å². The smallest absolute Gasteiger partial charge is 0.158 e. The SMILES string of the molecule is CCCC(CCl)N=C(Cl)SC. The highest BCUT2D eigenvalue weighted by Crippen LogP contribution is 2.10. The minimum absolute atomic E-state index is 0.196. The van der Waals surface area contributed by atoms with Crippen molar-refractivity contribution in [2.75, 3.05) is 12.1 Å². The number of thioether (sulfide) groups is 1. The molecule has 0 saturated heterocycles. The lowest BCUT2D eigenvalue weighted by atomic mass is 10.2. The Hall–Kier alpha value is 0.600. The van der Waals surface area contributed by atoms with Crippen LogP contribution in [0.4, 0.5) is 0 Å². The van der Waals surface area contributed by atoms with Crippen molar-refractivity contribution in [3.8, 4) is 0 Å². The van der Waals surface area contributed by atoms with Crippen molar-refractivity contribution in [2.24, 2.45) is 4.99 Å². The van der Waals surface area contributed by atoms with Crippen molar-refractivity contribution in [1.82, 2.24) is 0 Å². The molecule has 0 aromatic rings. The number of alkyl halides is 1. The summed E-state index contributed by atoms with van der Waals surface area (Å²) in [6.07, 6.45) is 4.02. The Morgan fingerprint density at radius 1 is 1.64 bits per heavy atom. The summed E-state index contributed by atoms with van der Waals surface area (Å²) in [5.74, 6) is 0.560. The summed E-state index contributed by atoms with van der Waals surface area (Å²) < 4.78 is 0.601. The molecule has 0 fully saturated rings. The van der Waals surface area contributed by atoms with E-state index in [1.807, 2.05) is 6.26 Å². The van der Waals surface area contributed by atoms with Crippen molar-refractivity contribution in [3.05, 3.63) is 0 Å². The van der Waals surface area contributed by atoms with E-state index in [9.17, 15) is 0 Å². The van der Waals surface area contributed by atoms with Gasteiger partial charge in [-0.2, -0.15) is 0 Å². The van der Waals surface area contributed by atoms with Crippen LogP contribution in [0.15, 0.2) is 4.99 Å². The van der Waals surface area contributed by atoms with Crippen LogP contribution in [0.1, 0.15) is 19.8 Å². The van der Waals surface area contributed by atoms with Gasteiger partial charge in [-0.3, -0.25) is 4.99 Å². The second-order valence-corrected chi connectivity index (χ2v) is 3.87. The molecular formula is C7H13Cl2NS. The molecule has 11 heavy (non-hydrogen) atoms. The van der Waals surface area contributed by atoms with Gasteiger partial charge in [0.15, 0.2) is 4.50 Å². The second kappa shape index (κ2) is 7.26. The van der Waals surface area contributed by atoms with E-state index >= 15 is 0 Å². The zero-order chi connectivity index (χ0) is 8.69. The van der Waals surface area contributed by atoms with Crippen molar-refractivity contribution >= 4 is 39.5 Å². The van der Waals surface area contributed by atoms with Crippen molar-refractivity contribution < 1.29 is 0 Å². The largest absolute Gasteiger partial charge is 0.263 e. The van der Waals surface area contributed by atoms with E-state index in [4.69, 9.17) is 23.2 Å². The first-order chi connectivity index (χ1) is 5.24. The maximum atomic E-state index is 5.73. The van der Waals surface area contributed by atoms with E-state index in [1.54, 1.807) is 0 Å². The minimum Gasteiger partial charge on any atom is -0.263 e. The molecule has 0 spiro atoms. The summed E-state index contributed by atoms with van der Waals surface area (Å²) in [5.41, 5.74) is 0. The molecule has 0 aliphatic heterocycles. The Kier molecular flexibility index (Phi) is 7.66. The number of hydrogen-bond acceptors (Lipinski definition) is 2. The molecule has 0 saturated carbocycles. The second-order valence-electron chi connectivity index (χ2n) is 2.18. The third-order valence-electron chi connectivity index (χ3n) is 1.25. The van der Waals surface area contributed by atoms with Crippen LogP contribution in [0.5, 0.6) is 0 Å². The van der Waals surface area contributed by atoms with Gasteiger partial charge in [-0.1, -0.05) is 36.7 Å². The highest BCUT2D eigenvalue weighted by Gasteiger charge is 2.03. The van der Waals surface area contributed by atoms with Gasteiger partial charge in [0.2, 0.25) is 0 Å². The summed E-state index contributed by atoms with van der Waals surface area (Å²) in [4.78, 5) is 4.22. The van der Waals surface area contributed by atoms with Gasteiger partial charge in [-0.15, -0.1) is 11.6 Å². The average Bonchev–Trinajstić information content (AvgIpc) is 2.03. The minimum atomic E-state index is 0.196. The van der Waals surface area contributed by atoms with Crippen molar-refractivity contribution in [2.45, 2.75) is 25.8 Å². The van der Waals surface area contributed by atoms with Crippen LogP contribution in [-0.4, -0.2) is 22.7 Å². The van der Waals surface area contributed by atoms with Gasteiger partial charge in [0.1, 0.15) is 0 Å². The van der Waals surface area contributed by atoms with E-state index in [2.05, 4.69) is 11.9 Å². The van der Waals surface area contributed by atoms with Gasteiger partial charge in [0, 0.05) is 5.88 Å². The highest BCUT2D eigenvalue weighted by molar-refractivity contribution is 8.16. The van der Waals surface area contributed by atoms with E-state index in [0.29, 0.717) is 10.4 Å². The van der Waals surface area contributed by atoms with Gasteiger partial charge in [0.25, 0.3) is 0 Å². The summed E-state index contributed by atoms with van der Waals surface area (Å²) in [6, 6.07) is 0.196. The third kappa shape index (κ3) is 5.83. The van der Waals surface area contributed by atoms with E-state index < -0.39 is 0 Å². The first-order valence-corrected chi connectivity index (χ1v) is 5.71. The Morgan fingerprint density at radius 2 is 2.27 bits per heavy atom. The monoisotopic (exact) mass is 213 g/mol. The lowest BCUT2D eigenvalue weighted by molar-refractivity contribution is 0.663. The molecule has 0 aliphatic carbocycles. The maximum Gasteiger partial charge on any atom is 0.158 e. The Morgan fingerprint density at radius 3 is 2.64 bits per heavy atom. The lowest BCUT2D eigenvalue weighted by Crippen LogP contribution is -2.06. The predicted octanol–water partition coefficient (Wildman–Crippen LogP) is 3.35. The molecule has 0 radical (unpaired) electrons. The average molecular weight is 214 g/mol. The zero-order valence-electron chi connectivity index (χ0n) is 6.81. The van der Waals surface area contributed by atoms with E-state index in [-0.39, 0.29) is 6.04 Å². The topological polar surface area (TPSA) is 12.4 Å². The summed E-state index contributed by atoms with van der Waals surface area (Å²) in [5, 5.41) is 0. The zero-order valence-corrected chi connectivity index (χ0v) is 9.14. The Labute approximate surface area is 82.6 Å². The molecule has 0 bridgehead atoms. The lowest BCUT2D eigenvalue weighted by Gasteiger charge is -2.06. The molecule has 1 atom stereocenters. The van der Waals surface area contributed by atoms with Gasteiger partial charge in [0.05, 0.1) is 6.04 Å². The summed E-state index contributed by atoms with van der Waals surface area (Å²) >= 11 is 12.9. The first-order valence-electron chi connectivity index (χ1n) is 3.57. The van der Waals surface area contributed by atoms with E-state index in [1.165, 1.54) is 11.8 Å². The fraction of sp³-hybridized carbons (Fsp3) is 0.857. The normalized spacial score (nSPS) is 15.1. The highest BCUT2D eigenvalue weighted by atomic mass is 35.5. The van der Waals surface area contributed by atoms with Gasteiger partial charge in [-0.05, 0) is 12.7 Å². The van der Waals surface area contributed by atoms with Gasteiger partial charge < -0.3 is 0 Å². The Balaban J connectivity index is 3.84. The van der Waals surface area contributed by atoms with Crippen LogP contribution in [0.2, 0.25) is 0 Å². The van der Waals surface area contributed by atoms with Crippen LogP contribution in [0.25, 0.3) is 0 Å². The quantitative estimate of drug-likeness (QED) is 0.397. The Bertz CT molecular complexity index is 128. The van der Waals surface area contributed by atoms with Crippen LogP contribution in [0.3, 0.4) is 0 Å². The molecule has 1 unspecified atom stereocenters. The number of rotatable bonds is 4. The van der Waals surface area contributed by atoms with Crippen molar-refractivity contribution in [3.63, 3.8) is 0 Å². The van der Waals surface area contributed by atoms with E-state index in [0.717, 1.165) is 12.8 Å². The molecule has 0 aromatic carbocycles. The maximum absolute atomic E-state index is 5.73.